The Kier molecular flexibility index (Phi) is 3.06. The minimum Gasteiger partial charge on any atom is -0.477 e. The first-order valence-electron chi connectivity index (χ1n) is 4.34. The van der Waals surface area contributed by atoms with Crippen LogP contribution in [0, 0.1) is 0 Å². The van der Waals surface area contributed by atoms with Crippen LogP contribution in [0.4, 0.5) is 0 Å². The van der Waals surface area contributed by atoms with Crippen molar-refractivity contribution in [3.05, 3.63) is 11.3 Å². The number of allylic oxidation sites excluding steroid dienone is 1. The molecule has 0 aliphatic heterocycles. The van der Waals surface area contributed by atoms with Gasteiger partial charge in [0.1, 0.15) is 5.70 Å². The molecular weight excluding hydrogens is 170 g/mol. The zero-order chi connectivity index (χ0) is 9.84. The molecule has 4 heteroatoms. The van der Waals surface area contributed by atoms with Gasteiger partial charge in [-0.05, 0) is 31.3 Å². The summed E-state index contributed by atoms with van der Waals surface area (Å²) < 4.78 is 0. The summed E-state index contributed by atoms with van der Waals surface area (Å²) in [6, 6.07) is 0. The molecule has 0 atom stereocenters. The van der Waals surface area contributed by atoms with Crippen molar-refractivity contribution in [2.24, 2.45) is 0 Å². The molecule has 1 saturated carbocycles. The molecule has 72 valence electrons. The Morgan fingerprint density at radius 1 is 1.31 bits per heavy atom. The minimum absolute atomic E-state index is 0.0880. The van der Waals surface area contributed by atoms with Crippen molar-refractivity contribution < 1.29 is 14.7 Å². The van der Waals surface area contributed by atoms with Crippen LogP contribution < -0.4 is 5.32 Å². The number of nitrogens with one attached hydrogen (secondary N) is 1. The molecule has 2 N–H and O–H groups in total. The Labute approximate surface area is 76.6 Å². The van der Waals surface area contributed by atoms with Crippen molar-refractivity contribution in [1.82, 2.24) is 5.32 Å². The van der Waals surface area contributed by atoms with E-state index < -0.39 is 5.97 Å². The van der Waals surface area contributed by atoms with Crippen LogP contribution in [-0.4, -0.2) is 17.0 Å². The average Bonchev–Trinajstić information content (AvgIpc) is 2.50. The van der Waals surface area contributed by atoms with E-state index in [-0.39, 0.29) is 11.6 Å². The summed E-state index contributed by atoms with van der Waals surface area (Å²) in [7, 11) is 0. The van der Waals surface area contributed by atoms with Crippen molar-refractivity contribution in [3.8, 4) is 0 Å². The maximum Gasteiger partial charge on any atom is 0.352 e. The summed E-state index contributed by atoms with van der Waals surface area (Å²) in [5, 5.41) is 11.2. The van der Waals surface area contributed by atoms with Gasteiger partial charge in [0.15, 0.2) is 0 Å². The summed E-state index contributed by atoms with van der Waals surface area (Å²) in [5.74, 6) is -1.36. The summed E-state index contributed by atoms with van der Waals surface area (Å²) in [4.78, 5) is 21.5. The molecule has 13 heavy (non-hydrogen) atoms. The number of aliphatic carboxylic acids is 1. The highest BCUT2D eigenvalue weighted by atomic mass is 16.4. The molecule has 0 aromatic carbocycles. The fraction of sp³-hybridized carbons (Fsp3) is 0.556. The largest absolute Gasteiger partial charge is 0.477 e. The van der Waals surface area contributed by atoms with Crippen molar-refractivity contribution in [1.29, 1.82) is 0 Å². The van der Waals surface area contributed by atoms with Crippen LogP contribution in [-0.2, 0) is 9.59 Å². The number of rotatable bonds is 2. The second-order valence-corrected chi connectivity index (χ2v) is 3.17. The maximum absolute atomic E-state index is 10.7. The third kappa shape index (κ3) is 2.57. The van der Waals surface area contributed by atoms with E-state index in [1.165, 1.54) is 6.92 Å². The predicted octanol–water partition coefficient (Wildman–Crippen LogP) is 1.04. The van der Waals surface area contributed by atoms with Crippen LogP contribution in [0.5, 0.6) is 0 Å². The van der Waals surface area contributed by atoms with E-state index in [1.807, 2.05) is 0 Å². The molecule has 4 nitrogen and oxygen atoms in total. The Balaban J connectivity index is 2.82. The molecule has 1 aliphatic rings. The Bertz CT molecular complexity index is 260. The van der Waals surface area contributed by atoms with E-state index >= 15 is 0 Å². The lowest BCUT2D eigenvalue weighted by atomic mass is 10.1. The fourth-order valence-electron chi connectivity index (χ4n) is 1.52. The van der Waals surface area contributed by atoms with Crippen molar-refractivity contribution in [2.75, 3.05) is 0 Å². The molecular formula is C9H13NO3. The van der Waals surface area contributed by atoms with Gasteiger partial charge in [0.05, 0.1) is 0 Å². The smallest absolute Gasteiger partial charge is 0.352 e. The van der Waals surface area contributed by atoms with E-state index in [9.17, 15) is 9.59 Å². The molecule has 0 saturated heterocycles. The number of carboxylic acid groups (broad SMARTS) is 1. The van der Waals surface area contributed by atoms with Gasteiger partial charge in [-0.2, -0.15) is 0 Å². The van der Waals surface area contributed by atoms with Gasteiger partial charge in [-0.3, -0.25) is 4.79 Å². The van der Waals surface area contributed by atoms with Crippen LogP contribution in [0.25, 0.3) is 0 Å². The molecule has 1 aliphatic carbocycles. The molecule has 0 aromatic rings. The Morgan fingerprint density at radius 2 is 1.85 bits per heavy atom. The summed E-state index contributed by atoms with van der Waals surface area (Å²) in [6.07, 6.45) is 3.63. The lowest BCUT2D eigenvalue weighted by Crippen LogP contribution is -2.26. The van der Waals surface area contributed by atoms with Crippen LogP contribution >= 0.6 is 0 Å². The molecule has 0 radical (unpaired) electrons. The highest BCUT2D eigenvalue weighted by Gasteiger charge is 2.18. The van der Waals surface area contributed by atoms with Crippen LogP contribution in [0.3, 0.4) is 0 Å². The van der Waals surface area contributed by atoms with E-state index in [4.69, 9.17) is 5.11 Å². The fourth-order valence-corrected chi connectivity index (χ4v) is 1.52. The number of hydrogen-bond donors (Lipinski definition) is 2. The molecule has 1 amide bonds. The number of carboxylic acids is 1. The molecule has 1 rings (SSSR count). The molecule has 0 aromatic heterocycles. The highest BCUT2D eigenvalue weighted by Crippen LogP contribution is 2.25. The topological polar surface area (TPSA) is 66.4 Å². The first-order valence-corrected chi connectivity index (χ1v) is 4.34. The van der Waals surface area contributed by atoms with Gasteiger partial charge in [0, 0.05) is 6.92 Å². The second-order valence-electron chi connectivity index (χ2n) is 3.17. The SMILES string of the molecule is CC(=O)NC(C(=O)O)=C1CCCC1. The average molecular weight is 183 g/mol. The van der Waals surface area contributed by atoms with Gasteiger partial charge in [0.25, 0.3) is 0 Å². The molecule has 0 unspecified atom stereocenters. The van der Waals surface area contributed by atoms with Crippen LogP contribution in [0.15, 0.2) is 11.3 Å². The minimum atomic E-state index is -1.04. The third-order valence-corrected chi connectivity index (χ3v) is 2.08. The van der Waals surface area contributed by atoms with Gasteiger partial charge in [0.2, 0.25) is 5.91 Å². The van der Waals surface area contributed by atoms with Crippen molar-refractivity contribution in [3.63, 3.8) is 0 Å². The number of amides is 1. The van der Waals surface area contributed by atoms with Gasteiger partial charge in [-0.25, -0.2) is 4.79 Å². The summed E-state index contributed by atoms with van der Waals surface area (Å²) in [6.45, 7) is 1.32. The normalized spacial score (nSPS) is 15.6. The van der Waals surface area contributed by atoms with Gasteiger partial charge in [-0.1, -0.05) is 0 Å². The first-order chi connectivity index (χ1) is 6.11. The standard InChI is InChI=1S/C9H13NO3/c1-6(11)10-8(9(12)13)7-4-2-3-5-7/h2-5H2,1H3,(H,10,11)(H,12,13). The number of hydrogen-bond acceptors (Lipinski definition) is 2. The summed E-state index contributed by atoms with van der Waals surface area (Å²) >= 11 is 0. The Hall–Kier alpha value is -1.32. The van der Waals surface area contributed by atoms with Crippen molar-refractivity contribution in [2.45, 2.75) is 32.6 Å². The van der Waals surface area contributed by atoms with Crippen LogP contribution in [0.1, 0.15) is 32.6 Å². The zero-order valence-electron chi connectivity index (χ0n) is 7.59. The lowest BCUT2D eigenvalue weighted by Gasteiger charge is -2.06. The monoisotopic (exact) mass is 183 g/mol. The van der Waals surface area contributed by atoms with Crippen LogP contribution in [0.2, 0.25) is 0 Å². The van der Waals surface area contributed by atoms with E-state index in [2.05, 4.69) is 5.32 Å². The van der Waals surface area contributed by atoms with Gasteiger partial charge >= 0.3 is 5.97 Å². The molecule has 0 bridgehead atoms. The number of carbonyl (C=O) groups is 2. The third-order valence-electron chi connectivity index (χ3n) is 2.08. The van der Waals surface area contributed by atoms with E-state index in [0.717, 1.165) is 31.3 Å². The Morgan fingerprint density at radius 3 is 2.23 bits per heavy atom. The molecule has 1 fully saturated rings. The second kappa shape index (κ2) is 4.07. The van der Waals surface area contributed by atoms with Gasteiger partial charge in [-0.15, -0.1) is 0 Å². The summed E-state index contributed by atoms with van der Waals surface area (Å²) in [5.41, 5.74) is 0.952. The first kappa shape index (κ1) is 9.77. The maximum atomic E-state index is 10.7. The van der Waals surface area contributed by atoms with Crippen molar-refractivity contribution >= 4 is 11.9 Å². The molecule has 0 heterocycles. The zero-order valence-corrected chi connectivity index (χ0v) is 7.59. The lowest BCUT2D eigenvalue weighted by molar-refractivity contribution is -0.134. The molecule has 0 spiro atoms. The predicted molar refractivity (Wildman–Crippen MR) is 46.9 cm³/mol. The highest BCUT2D eigenvalue weighted by molar-refractivity contribution is 5.92. The van der Waals surface area contributed by atoms with E-state index in [1.54, 1.807) is 0 Å². The number of carbonyl (C=O) groups excluding carboxylic acids is 1. The quantitative estimate of drug-likeness (QED) is 0.628. The van der Waals surface area contributed by atoms with Gasteiger partial charge < -0.3 is 10.4 Å². The van der Waals surface area contributed by atoms with E-state index in [0.29, 0.717) is 0 Å².